The maximum atomic E-state index is 11.0. The Morgan fingerprint density at radius 2 is 2.33 bits per heavy atom. The maximum Gasteiger partial charge on any atom is 0.292 e. The van der Waals surface area contributed by atoms with Crippen molar-refractivity contribution in [1.82, 2.24) is 0 Å². The van der Waals surface area contributed by atoms with Crippen molar-refractivity contribution >= 4 is 23.1 Å². The van der Waals surface area contributed by atoms with Crippen molar-refractivity contribution in [3.8, 4) is 0 Å². The Bertz CT molecular complexity index is 456. The summed E-state index contributed by atoms with van der Waals surface area (Å²) >= 11 is 1.95. The molecule has 1 aromatic carbocycles. The lowest BCUT2D eigenvalue weighted by atomic mass is 10.1. The van der Waals surface area contributed by atoms with E-state index in [9.17, 15) is 10.1 Å². The van der Waals surface area contributed by atoms with E-state index in [0.29, 0.717) is 5.69 Å². The third-order valence-electron chi connectivity index (χ3n) is 3.30. The van der Waals surface area contributed by atoms with Crippen molar-refractivity contribution in [2.75, 3.05) is 17.6 Å². The summed E-state index contributed by atoms with van der Waals surface area (Å²) in [6, 6.07) is 5.32. The van der Waals surface area contributed by atoms with Crippen LogP contribution in [0.5, 0.6) is 0 Å². The van der Waals surface area contributed by atoms with E-state index in [1.165, 1.54) is 18.6 Å². The Morgan fingerprint density at radius 3 is 2.94 bits per heavy atom. The molecule has 1 heterocycles. The van der Waals surface area contributed by atoms with E-state index in [2.05, 4.69) is 12.2 Å². The van der Waals surface area contributed by atoms with Crippen LogP contribution in [-0.2, 0) is 0 Å². The van der Waals surface area contributed by atoms with Gasteiger partial charge in [-0.1, -0.05) is 6.07 Å². The van der Waals surface area contributed by atoms with Crippen molar-refractivity contribution < 1.29 is 4.92 Å². The van der Waals surface area contributed by atoms with E-state index in [1.54, 1.807) is 12.1 Å². The van der Waals surface area contributed by atoms with Gasteiger partial charge >= 0.3 is 0 Å². The average molecular weight is 266 g/mol. The molecule has 0 saturated carbocycles. The molecule has 5 heteroatoms. The second-order valence-electron chi connectivity index (χ2n) is 5.03. The third kappa shape index (κ3) is 2.96. The minimum Gasteiger partial charge on any atom is -0.378 e. The van der Waals surface area contributed by atoms with Crippen LogP contribution in [0.3, 0.4) is 0 Å². The topological polar surface area (TPSA) is 55.2 Å². The monoisotopic (exact) mass is 266 g/mol. The van der Waals surface area contributed by atoms with Gasteiger partial charge in [-0.05, 0) is 44.1 Å². The number of nitrogens with zero attached hydrogens (tertiary/aromatic N) is 1. The molecule has 0 aromatic heterocycles. The van der Waals surface area contributed by atoms with Gasteiger partial charge in [0.1, 0.15) is 5.69 Å². The predicted molar refractivity (Wildman–Crippen MR) is 76.4 cm³/mol. The fourth-order valence-electron chi connectivity index (χ4n) is 2.20. The lowest BCUT2D eigenvalue weighted by Gasteiger charge is -2.23. The summed E-state index contributed by atoms with van der Waals surface area (Å²) in [5.74, 6) is 1.19. The van der Waals surface area contributed by atoms with Gasteiger partial charge in [0.15, 0.2) is 0 Å². The van der Waals surface area contributed by atoms with Crippen LogP contribution in [0, 0.1) is 17.0 Å². The van der Waals surface area contributed by atoms with Gasteiger partial charge in [-0.2, -0.15) is 11.8 Å². The normalized spacial score (nSPS) is 23.0. The van der Waals surface area contributed by atoms with Crippen molar-refractivity contribution in [3.63, 3.8) is 0 Å². The summed E-state index contributed by atoms with van der Waals surface area (Å²) in [5, 5.41) is 14.3. The summed E-state index contributed by atoms with van der Waals surface area (Å²) in [6.45, 7) is 4.87. The van der Waals surface area contributed by atoms with Gasteiger partial charge in [-0.3, -0.25) is 10.1 Å². The summed E-state index contributed by atoms with van der Waals surface area (Å²) in [5.41, 5.74) is 1.70. The summed E-state index contributed by atoms with van der Waals surface area (Å²) in [7, 11) is 0. The number of anilines is 1. The van der Waals surface area contributed by atoms with E-state index >= 15 is 0 Å². The van der Waals surface area contributed by atoms with Gasteiger partial charge in [0, 0.05) is 17.4 Å². The van der Waals surface area contributed by atoms with E-state index in [-0.39, 0.29) is 15.4 Å². The second kappa shape index (κ2) is 5.18. The molecular formula is C13H18N2O2S. The highest BCUT2D eigenvalue weighted by Crippen LogP contribution is 2.38. The zero-order chi connectivity index (χ0) is 13.2. The highest BCUT2D eigenvalue weighted by Gasteiger charge is 2.29. The van der Waals surface area contributed by atoms with Crippen molar-refractivity contribution in [2.24, 2.45) is 0 Å². The lowest BCUT2D eigenvalue weighted by molar-refractivity contribution is -0.384. The first-order valence-corrected chi connectivity index (χ1v) is 7.12. The van der Waals surface area contributed by atoms with Crippen LogP contribution in [0.2, 0.25) is 0 Å². The highest BCUT2D eigenvalue weighted by atomic mass is 32.2. The van der Waals surface area contributed by atoms with Crippen LogP contribution in [0.15, 0.2) is 18.2 Å². The number of hydrogen-bond donors (Lipinski definition) is 1. The first-order valence-electron chi connectivity index (χ1n) is 6.13. The molecule has 1 fully saturated rings. The number of benzene rings is 1. The molecule has 1 aliphatic heterocycles. The maximum absolute atomic E-state index is 11.0. The van der Waals surface area contributed by atoms with Crippen LogP contribution in [0.25, 0.3) is 0 Å². The smallest absolute Gasteiger partial charge is 0.292 e. The number of nitro groups is 1. The summed E-state index contributed by atoms with van der Waals surface area (Å²) in [4.78, 5) is 10.7. The molecular weight excluding hydrogens is 248 g/mol. The molecule has 1 N–H and O–H groups in total. The standard InChI is InChI=1S/C13H18N2O2S/c1-10-4-5-11(12(8-10)15(16)17)14-9-13(2)6-3-7-18-13/h4-5,8,14H,3,6-7,9H2,1-2H3. The van der Waals surface area contributed by atoms with Crippen molar-refractivity contribution in [1.29, 1.82) is 0 Å². The molecule has 2 rings (SSSR count). The Morgan fingerprint density at radius 1 is 1.56 bits per heavy atom. The number of hydrogen-bond acceptors (Lipinski definition) is 4. The number of nitro benzene ring substituents is 1. The summed E-state index contributed by atoms with van der Waals surface area (Å²) < 4.78 is 0.207. The van der Waals surface area contributed by atoms with Gasteiger partial charge in [0.2, 0.25) is 0 Å². The molecule has 4 nitrogen and oxygen atoms in total. The van der Waals surface area contributed by atoms with Crippen LogP contribution < -0.4 is 5.32 Å². The van der Waals surface area contributed by atoms with Gasteiger partial charge in [0.05, 0.1) is 4.92 Å². The Balaban J connectivity index is 2.11. The Kier molecular flexibility index (Phi) is 3.80. The Hall–Kier alpha value is -1.23. The fourth-order valence-corrected chi connectivity index (χ4v) is 3.45. The van der Waals surface area contributed by atoms with Gasteiger partial charge in [0.25, 0.3) is 5.69 Å². The van der Waals surface area contributed by atoms with Gasteiger partial charge in [-0.25, -0.2) is 0 Å². The third-order valence-corrected chi connectivity index (χ3v) is 4.84. The van der Waals surface area contributed by atoms with E-state index in [4.69, 9.17) is 0 Å². The summed E-state index contributed by atoms with van der Waals surface area (Å²) in [6.07, 6.45) is 2.41. The Labute approximate surface area is 111 Å². The van der Waals surface area contributed by atoms with E-state index in [1.807, 2.05) is 24.8 Å². The lowest BCUT2D eigenvalue weighted by Crippen LogP contribution is -2.27. The number of thioether (sulfide) groups is 1. The van der Waals surface area contributed by atoms with Crippen molar-refractivity contribution in [2.45, 2.75) is 31.4 Å². The molecule has 0 amide bonds. The largest absolute Gasteiger partial charge is 0.378 e. The first-order chi connectivity index (χ1) is 8.50. The quantitative estimate of drug-likeness (QED) is 0.668. The zero-order valence-corrected chi connectivity index (χ0v) is 11.5. The molecule has 1 unspecified atom stereocenters. The molecule has 0 radical (unpaired) electrons. The van der Waals surface area contributed by atoms with Crippen molar-refractivity contribution in [3.05, 3.63) is 33.9 Å². The van der Waals surface area contributed by atoms with Gasteiger partial charge in [-0.15, -0.1) is 0 Å². The molecule has 0 bridgehead atoms. The molecule has 0 spiro atoms. The van der Waals surface area contributed by atoms with Crippen LogP contribution in [0.4, 0.5) is 11.4 Å². The molecule has 1 saturated heterocycles. The zero-order valence-electron chi connectivity index (χ0n) is 10.7. The van der Waals surface area contributed by atoms with Crippen LogP contribution in [-0.4, -0.2) is 22.0 Å². The molecule has 1 aliphatic rings. The number of rotatable bonds is 4. The second-order valence-corrected chi connectivity index (χ2v) is 6.72. The minimum atomic E-state index is -0.320. The van der Waals surface area contributed by atoms with Crippen LogP contribution in [0.1, 0.15) is 25.3 Å². The number of aryl methyl sites for hydroxylation is 1. The molecule has 18 heavy (non-hydrogen) atoms. The SMILES string of the molecule is Cc1ccc(NCC2(C)CCCS2)c([N+](=O)[O-])c1. The van der Waals surface area contributed by atoms with Crippen LogP contribution >= 0.6 is 11.8 Å². The molecule has 98 valence electrons. The minimum absolute atomic E-state index is 0.168. The predicted octanol–water partition coefficient (Wildman–Crippen LogP) is 3.60. The van der Waals surface area contributed by atoms with Gasteiger partial charge < -0.3 is 5.32 Å². The van der Waals surface area contributed by atoms with E-state index < -0.39 is 0 Å². The molecule has 0 aliphatic carbocycles. The molecule has 1 atom stereocenters. The number of nitrogens with one attached hydrogen (secondary N) is 1. The average Bonchev–Trinajstić information content (AvgIpc) is 2.75. The molecule has 1 aromatic rings. The van der Waals surface area contributed by atoms with E-state index in [0.717, 1.165) is 12.1 Å². The highest BCUT2D eigenvalue weighted by molar-refractivity contribution is 8.00. The fraction of sp³-hybridized carbons (Fsp3) is 0.538. The first kappa shape index (κ1) is 13.2.